The zero-order chi connectivity index (χ0) is 12.5. The highest BCUT2D eigenvalue weighted by molar-refractivity contribution is 5.28. The normalized spacial score (nSPS) is 12.4. The lowest BCUT2D eigenvalue weighted by Crippen LogP contribution is -2.36. The van der Waals surface area contributed by atoms with Crippen LogP contribution in [0.5, 0.6) is 5.75 Å². The van der Waals surface area contributed by atoms with E-state index in [2.05, 4.69) is 11.5 Å². The summed E-state index contributed by atoms with van der Waals surface area (Å²) >= 11 is 0. The van der Waals surface area contributed by atoms with Crippen molar-refractivity contribution in [3.63, 3.8) is 0 Å². The minimum atomic E-state index is 0.275. The number of hydrogen-bond acceptors (Lipinski definition) is 4. The molecule has 1 rings (SSSR count). The van der Waals surface area contributed by atoms with Gasteiger partial charge in [0.05, 0.1) is 7.11 Å². The number of benzene rings is 1. The van der Waals surface area contributed by atoms with Gasteiger partial charge in [0.1, 0.15) is 5.75 Å². The Balaban J connectivity index is 2.48. The number of nitrogens with one attached hydrogen (secondary N) is 1. The number of methoxy groups -OCH3 is 2. The highest BCUT2D eigenvalue weighted by Crippen LogP contribution is 2.15. The molecule has 1 aromatic carbocycles. The monoisotopic (exact) mass is 238 g/mol. The molecule has 0 saturated carbocycles. The van der Waals surface area contributed by atoms with Crippen LogP contribution in [0.3, 0.4) is 0 Å². The van der Waals surface area contributed by atoms with Gasteiger partial charge in [-0.25, -0.2) is 0 Å². The first kappa shape index (κ1) is 14.0. The third kappa shape index (κ3) is 5.17. The quantitative estimate of drug-likeness (QED) is 0.409. The first-order chi connectivity index (χ1) is 8.30. The second-order valence-electron chi connectivity index (χ2n) is 4.05. The molecule has 0 aliphatic heterocycles. The van der Waals surface area contributed by atoms with E-state index in [1.165, 1.54) is 5.56 Å². The molecule has 4 nitrogen and oxygen atoms in total. The van der Waals surface area contributed by atoms with Gasteiger partial charge in [-0.05, 0) is 37.0 Å². The molecular formula is C13H22N2O2. The van der Waals surface area contributed by atoms with Crippen LogP contribution < -0.4 is 16.0 Å². The van der Waals surface area contributed by atoms with Crippen molar-refractivity contribution in [1.29, 1.82) is 0 Å². The van der Waals surface area contributed by atoms with E-state index < -0.39 is 0 Å². The van der Waals surface area contributed by atoms with Crippen LogP contribution in [0.2, 0.25) is 0 Å². The van der Waals surface area contributed by atoms with Gasteiger partial charge in [0.15, 0.2) is 0 Å². The van der Waals surface area contributed by atoms with Gasteiger partial charge in [-0.1, -0.05) is 12.1 Å². The summed E-state index contributed by atoms with van der Waals surface area (Å²) in [6.07, 6.45) is 2.91. The Hall–Kier alpha value is -1.10. The number of rotatable bonds is 8. The van der Waals surface area contributed by atoms with Crippen LogP contribution in [0.1, 0.15) is 18.4 Å². The molecule has 17 heavy (non-hydrogen) atoms. The van der Waals surface area contributed by atoms with E-state index in [-0.39, 0.29) is 6.04 Å². The topological polar surface area (TPSA) is 56.5 Å². The first-order valence-electron chi connectivity index (χ1n) is 5.88. The molecule has 96 valence electrons. The molecule has 0 saturated heterocycles. The number of nitrogens with two attached hydrogens (primary N) is 1. The van der Waals surface area contributed by atoms with E-state index >= 15 is 0 Å². The molecule has 0 bridgehead atoms. The summed E-state index contributed by atoms with van der Waals surface area (Å²) in [6, 6.07) is 8.34. The molecule has 0 aromatic heterocycles. The lowest BCUT2D eigenvalue weighted by Gasteiger charge is -2.16. The molecule has 1 aromatic rings. The zero-order valence-corrected chi connectivity index (χ0v) is 10.6. The van der Waals surface area contributed by atoms with E-state index in [1.807, 2.05) is 18.2 Å². The van der Waals surface area contributed by atoms with E-state index in [9.17, 15) is 0 Å². The molecule has 0 aliphatic rings. The van der Waals surface area contributed by atoms with Crippen LogP contribution in [-0.4, -0.2) is 26.9 Å². The molecule has 4 heteroatoms. The largest absolute Gasteiger partial charge is 0.497 e. The molecular weight excluding hydrogens is 216 g/mol. The Morgan fingerprint density at radius 2 is 2.18 bits per heavy atom. The van der Waals surface area contributed by atoms with Gasteiger partial charge in [0, 0.05) is 19.8 Å². The lowest BCUT2D eigenvalue weighted by atomic mass is 10.0. The van der Waals surface area contributed by atoms with Crippen molar-refractivity contribution in [2.75, 3.05) is 20.8 Å². The molecule has 1 unspecified atom stereocenters. The van der Waals surface area contributed by atoms with E-state index in [4.69, 9.17) is 15.3 Å². The fourth-order valence-corrected chi connectivity index (χ4v) is 1.80. The Bertz CT molecular complexity index is 318. The van der Waals surface area contributed by atoms with Crippen LogP contribution >= 0.6 is 0 Å². The second kappa shape index (κ2) is 8.06. The Morgan fingerprint density at radius 3 is 2.82 bits per heavy atom. The maximum absolute atomic E-state index is 5.55. The number of hydrogen-bond donors (Lipinski definition) is 2. The van der Waals surface area contributed by atoms with Gasteiger partial charge in [-0.15, -0.1) is 0 Å². The minimum Gasteiger partial charge on any atom is -0.497 e. The van der Waals surface area contributed by atoms with Crippen molar-refractivity contribution in [2.24, 2.45) is 5.84 Å². The average molecular weight is 238 g/mol. The Labute approximate surface area is 103 Å². The van der Waals surface area contributed by atoms with Crippen molar-refractivity contribution in [2.45, 2.75) is 25.3 Å². The van der Waals surface area contributed by atoms with Gasteiger partial charge >= 0.3 is 0 Å². The molecule has 0 heterocycles. The third-order valence-corrected chi connectivity index (χ3v) is 2.75. The predicted molar refractivity (Wildman–Crippen MR) is 68.9 cm³/mol. The van der Waals surface area contributed by atoms with Crippen molar-refractivity contribution in [3.8, 4) is 5.75 Å². The fraction of sp³-hybridized carbons (Fsp3) is 0.538. The van der Waals surface area contributed by atoms with E-state index in [0.29, 0.717) is 0 Å². The van der Waals surface area contributed by atoms with Gasteiger partial charge < -0.3 is 9.47 Å². The Morgan fingerprint density at radius 1 is 1.35 bits per heavy atom. The molecule has 3 N–H and O–H groups in total. The molecule has 1 atom stereocenters. The summed E-state index contributed by atoms with van der Waals surface area (Å²) in [5.74, 6) is 6.44. The third-order valence-electron chi connectivity index (χ3n) is 2.75. The van der Waals surface area contributed by atoms with Crippen LogP contribution in [0, 0.1) is 0 Å². The van der Waals surface area contributed by atoms with E-state index in [0.717, 1.165) is 31.6 Å². The SMILES string of the molecule is COCCCC(Cc1cccc(OC)c1)NN. The number of ether oxygens (including phenoxy) is 2. The summed E-state index contributed by atoms with van der Waals surface area (Å²) in [4.78, 5) is 0. The van der Waals surface area contributed by atoms with Crippen LogP contribution in [0.15, 0.2) is 24.3 Å². The van der Waals surface area contributed by atoms with Crippen LogP contribution in [-0.2, 0) is 11.2 Å². The van der Waals surface area contributed by atoms with Gasteiger partial charge in [0.25, 0.3) is 0 Å². The van der Waals surface area contributed by atoms with Gasteiger partial charge in [-0.2, -0.15) is 0 Å². The second-order valence-corrected chi connectivity index (χ2v) is 4.05. The van der Waals surface area contributed by atoms with Crippen molar-refractivity contribution < 1.29 is 9.47 Å². The highest BCUT2D eigenvalue weighted by Gasteiger charge is 2.07. The minimum absolute atomic E-state index is 0.275. The zero-order valence-electron chi connectivity index (χ0n) is 10.6. The average Bonchev–Trinajstić information content (AvgIpc) is 2.38. The maximum Gasteiger partial charge on any atom is 0.119 e. The predicted octanol–water partition coefficient (Wildman–Crippen LogP) is 1.50. The maximum atomic E-state index is 5.55. The standard InChI is InChI=1S/C13H22N2O2/c1-16-8-4-6-12(15-14)9-11-5-3-7-13(10-11)17-2/h3,5,7,10,12,15H,4,6,8-9,14H2,1-2H3. The molecule has 0 aliphatic carbocycles. The Kier molecular flexibility index (Phi) is 6.62. The van der Waals surface area contributed by atoms with E-state index in [1.54, 1.807) is 14.2 Å². The van der Waals surface area contributed by atoms with Crippen LogP contribution in [0.4, 0.5) is 0 Å². The van der Waals surface area contributed by atoms with Crippen molar-refractivity contribution >= 4 is 0 Å². The van der Waals surface area contributed by atoms with Crippen molar-refractivity contribution in [1.82, 2.24) is 5.43 Å². The van der Waals surface area contributed by atoms with Crippen molar-refractivity contribution in [3.05, 3.63) is 29.8 Å². The first-order valence-corrected chi connectivity index (χ1v) is 5.88. The highest BCUT2D eigenvalue weighted by atomic mass is 16.5. The smallest absolute Gasteiger partial charge is 0.119 e. The lowest BCUT2D eigenvalue weighted by molar-refractivity contribution is 0.188. The summed E-state index contributed by atoms with van der Waals surface area (Å²) in [6.45, 7) is 0.774. The molecule has 0 radical (unpaired) electrons. The summed E-state index contributed by atoms with van der Waals surface area (Å²) in [5.41, 5.74) is 4.08. The molecule has 0 spiro atoms. The number of hydrazine groups is 1. The summed E-state index contributed by atoms with van der Waals surface area (Å²) in [7, 11) is 3.39. The summed E-state index contributed by atoms with van der Waals surface area (Å²) < 4.78 is 10.2. The molecule has 0 fully saturated rings. The van der Waals surface area contributed by atoms with Gasteiger partial charge in [0.2, 0.25) is 0 Å². The molecule has 0 amide bonds. The van der Waals surface area contributed by atoms with Gasteiger partial charge in [-0.3, -0.25) is 11.3 Å². The summed E-state index contributed by atoms with van der Waals surface area (Å²) in [5, 5.41) is 0. The fourth-order valence-electron chi connectivity index (χ4n) is 1.80. The van der Waals surface area contributed by atoms with Crippen LogP contribution in [0.25, 0.3) is 0 Å².